The van der Waals surface area contributed by atoms with E-state index in [1.807, 2.05) is 32.0 Å². The molecule has 29 heavy (non-hydrogen) atoms. The lowest BCUT2D eigenvalue weighted by atomic mass is 9.89. The number of carbonyl (C=O) groups is 1. The van der Waals surface area contributed by atoms with Crippen LogP contribution in [0.4, 0.5) is 5.69 Å². The molecule has 0 bridgehead atoms. The van der Waals surface area contributed by atoms with E-state index in [1.165, 1.54) is 7.11 Å². The largest absolute Gasteiger partial charge is 0.497 e. The number of ether oxygens (including phenoxy) is 3. The van der Waals surface area contributed by atoms with Crippen molar-refractivity contribution in [2.24, 2.45) is 0 Å². The van der Waals surface area contributed by atoms with E-state index >= 15 is 0 Å². The van der Waals surface area contributed by atoms with Gasteiger partial charge in [-0.25, -0.2) is 4.79 Å². The van der Waals surface area contributed by atoms with Crippen molar-refractivity contribution in [1.82, 2.24) is 5.32 Å². The Morgan fingerprint density at radius 1 is 1.24 bits per heavy atom. The van der Waals surface area contributed by atoms with Crippen LogP contribution in [-0.4, -0.2) is 30.9 Å². The van der Waals surface area contributed by atoms with E-state index in [0.717, 1.165) is 17.1 Å². The molecule has 0 aromatic heterocycles. The van der Waals surface area contributed by atoms with Gasteiger partial charge in [0.15, 0.2) is 5.11 Å². The summed E-state index contributed by atoms with van der Waals surface area (Å²) in [5.74, 6) is 1.08. The molecule has 0 saturated carbocycles. The Morgan fingerprint density at radius 2 is 2.00 bits per heavy atom. The number of benzene rings is 2. The Kier molecular flexibility index (Phi) is 6.19. The predicted octanol–water partition coefficient (Wildman–Crippen LogP) is 4.72. The molecule has 1 atom stereocenters. The lowest BCUT2D eigenvalue weighted by Gasteiger charge is -2.38. The lowest BCUT2D eigenvalue weighted by Crippen LogP contribution is -2.42. The van der Waals surface area contributed by atoms with Gasteiger partial charge in [-0.3, -0.25) is 0 Å². The molecule has 0 unspecified atom stereocenters. The third-order valence-corrected chi connectivity index (χ3v) is 5.16. The van der Waals surface area contributed by atoms with Gasteiger partial charge in [-0.05, 0) is 62.5 Å². The zero-order valence-corrected chi connectivity index (χ0v) is 18.2. The number of methoxy groups -OCH3 is 2. The SMILES string of the molecule is COC(=O)c1ccc(Cl)c(NC(=S)N[C@@H]2CC(C)(C)Oc3ccc(OC)cc32)c1. The second kappa shape index (κ2) is 8.47. The van der Waals surface area contributed by atoms with E-state index in [9.17, 15) is 4.79 Å². The molecule has 0 spiro atoms. The van der Waals surface area contributed by atoms with Crippen molar-refractivity contribution in [2.45, 2.75) is 31.9 Å². The molecule has 0 radical (unpaired) electrons. The zero-order valence-electron chi connectivity index (χ0n) is 16.7. The van der Waals surface area contributed by atoms with E-state index in [-0.39, 0.29) is 11.6 Å². The zero-order chi connectivity index (χ0) is 21.2. The normalized spacial score (nSPS) is 16.8. The van der Waals surface area contributed by atoms with Crippen LogP contribution in [0, 0.1) is 0 Å². The third kappa shape index (κ3) is 4.92. The smallest absolute Gasteiger partial charge is 0.337 e. The molecule has 0 fully saturated rings. The summed E-state index contributed by atoms with van der Waals surface area (Å²) in [6, 6.07) is 10.4. The van der Waals surface area contributed by atoms with Crippen LogP contribution in [0.15, 0.2) is 36.4 Å². The van der Waals surface area contributed by atoms with E-state index in [2.05, 4.69) is 10.6 Å². The first-order valence-electron chi connectivity index (χ1n) is 9.05. The number of fused-ring (bicyclic) bond motifs is 1. The van der Waals surface area contributed by atoms with Crippen molar-refractivity contribution in [1.29, 1.82) is 0 Å². The van der Waals surface area contributed by atoms with Gasteiger partial charge in [-0.1, -0.05) is 11.6 Å². The quantitative estimate of drug-likeness (QED) is 0.532. The monoisotopic (exact) mass is 434 g/mol. The van der Waals surface area contributed by atoms with Crippen molar-refractivity contribution in [3.8, 4) is 11.5 Å². The highest BCUT2D eigenvalue weighted by molar-refractivity contribution is 7.80. The minimum atomic E-state index is -0.448. The van der Waals surface area contributed by atoms with Gasteiger partial charge < -0.3 is 24.8 Å². The van der Waals surface area contributed by atoms with Crippen LogP contribution in [0.5, 0.6) is 11.5 Å². The number of rotatable bonds is 4. The fourth-order valence-electron chi connectivity index (χ4n) is 3.27. The number of hydrogen-bond donors (Lipinski definition) is 2. The van der Waals surface area contributed by atoms with Gasteiger partial charge >= 0.3 is 5.97 Å². The van der Waals surface area contributed by atoms with E-state index in [4.69, 9.17) is 38.0 Å². The minimum Gasteiger partial charge on any atom is -0.497 e. The van der Waals surface area contributed by atoms with Crippen LogP contribution in [0.25, 0.3) is 0 Å². The fourth-order valence-corrected chi connectivity index (χ4v) is 3.69. The molecule has 1 heterocycles. The number of thiocarbonyl (C=S) groups is 1. The number of nitrogens with one attached hydrogen (secondary N) is 2. The Labute approximate surface area is 180 Å². The molecule has 2 aromatic rings. The van der Waals surface area contributed by atoms with E-state index in [1.54, 1.807) is 25.3 Å². The molecule has 0 saturated heterocycles. The fraction of sp³-hybridized carbons (Fsp3) is 0.333. The number of esters is 1. The first-order chi connectivity index (χ1) is 13.7. The summed E-state index contributed by atoms with van der Waals surface area (Å²) >= 11 is 11.8. The molecule has 0 aliphatic carbocycles. The predicted molar refractivity (Wildman–Crippen MR) is 117 cm³/mol. The maximum atomic E-state index is 11.8. The summed E-state index contributed by atoms with van der Waals surface area (Å²) in [4.78, 5) is 11.8. The Morgan fingerprint density at radius 3 is 2.69 bits per heavy atom. The lowest BCUT2D eigenvalue weighted by molar-refractivity contribution is 0.0600. The number of hydrogen-bond acceptors (Lipinski definition) is 5. The van der Waals surface area contributed by atoms with Gasteiger partial charge in [0.05, 0.1) is 36.5 Å². The Balaban J connectivity index is 1.81. The Hall–Kier alpha value is -2.51. The minimum absolute atomic E-state index is 0.0913. The molecular formula is C21H23ClN2O4S. The maximum absolute atomic E-state index is 11.8. The Bertz CT molecular complexity index is 948. The van der Waals surface area contributed by atoms with Gasteiger partial charge in [0, 0.05) is 12.0 Å². The molecule has 8 heteroatoms. The summed E-state index contributed by atoms with van der Waals surface area (Å²) < 4.78 is 16.2. The topological polar surface area (TPSA) is 68.8 Å². The van der Waals surface area contributed by atoms with Gasteiger partial charge in [0.2, 0.25) is 0 Å². The molecule has 1 aliphatic heterocycles. The first-order valence-corrected chi connectivity index (χ1v) is 9.83. The van der Waals surface area contributed by atoms with Gasteiger partial charge in [-0.15, -0.1) is 0 Å². The second-order valence-electron chi connectivity index (χ2n) is 7.31. The van der Waals surface area contributed by atoms with Crippen LogP contribution in [0.3, 0.4) is 0 Å². The second-order valence-corrected chi connectivity index (χ2v) is 8.12. The molecule has 6 nitrogen and oxygen atoms in total. The van der Waals surface area contributed by atoms with Crippen LogP contribution in [0.2, 0.25) is 5.02 Å². The van der Waals surface area contributed by atoms with E-state index < -0.39 is 5.97 Å². The van der Waals surface area contributed by atoms with Gasteiger partial charge in [0.25, 0.3) is 0 Å². The highest BCUT2D eigenvalue weighted by Gasteiger charge is 2.34. The van der Waals surface area contributed by atoms with Gasteiger partial charge in [0.1, 0.15) is 17.1 Å². The van der Waals surface area contributed by atoms with Crippen LogP contribution in [-0.2, 0) is 4.74 Å². The average Bonchev–Trinajstić information content (AvgIpc) is 2.68. The molecule has 154 valence electrons. The standard InChI is InChI=1S/C21H23ClN2O4S/c1-21(2)11-17(14-10-13(26-3)6-8-18(14)28-21)24-20(29)23-16-9-12(19(25)27-4)5-7-15(16)22/h5-10,17H,11H2,1-4H3,(H2,23,24,29)/t17-/m1/s1. The molecule has 0 amide bonds. The van der Waals surface area contributed by atoms with Crippen LogP contribution in [0.1, 0.15) is 42.2 Å². The van der Waals surface area contributed by atoms with Crippen LogP contribution >= 0.6 is 23.8 Å². The molecule has 2 aromatic carbocycles. The number of carbonyl (C=O) groups excluding carboxylic acids is 1. The molecule has 1 aliphatic rings. The first kappa shape index (κ1) is 21.2. The molecule has 3 rings (SSSR count). The summed E-state index contributed by atoms with van der Waals surface area (Å²) in [6.07, 6.45) is 0.699. The summed E-state index contributed by atoms with van der Waals surface area (Å²) in [7, 11) is 2.95. The highest BCUT2D eigenvalue weighted by Crippen LogP contribution is 2.41. The summed E-state index contributed by atoms with van der Waals surface area (Å²) in [5, 5.41) is 7.22. The maximum Gasteiger partial charge on any atom is 0.337 e. The van der Waals surface area contributed by atoms with Crippen LogP contribution < -0.4 is 20.1 Å². The average molecular weight is 435 g/mol. The van der Waals surface area contributed by atoms with Crippen molar-refractivity contribution >= 4 is 40.6 Å². The third-order valence-electron chi connectivity index (χ3n) is 4.62. The number of halogens is 1. The van der Waals surface area contributed by atoms with Crippen molar-refractivity contribution in [2.75, 3.05) is 19.5 Å². The molecule has 2 N–H and O–H groups in total. The highest BCUT2D eigenvalue weighted by atomic mass is 35.5. The summed E-state index contributed by atoms with van der Waals surface area (Å²) in [6.45, 7) is 4.06. The van der Waals surface area contributed by atoms with Gasteiger partial charge in [-0.2, -0.15) is 0 Å². The van der Waals surface area contributed by atoms with Crippen molar-refractivity contribution < 1.29 is 19.0 Å². The van der Waals surface area contributed by atoms with Crippen molar-refractivity contribution in [3.05, 3.63) is 52.5 Å². The van der Waals surface area contributed by atoms with E-state index in [0.29, 0.717) is 27.8 Å². The number of anilines is 1. The molecular weight excluding hydrogens is 412 g/mol. The van der Waals surface area contributed by atoms with Crippen molar-refractivity contribution in [3.63, 3.8) is 0 Å². The summed E-state index contributed by atoms with van der Waals surface area (Å²) in [5.41, 5.74) is 1.49.